The molecule has 0 fully saturated rings. The van der Waals surface area contributed by atoms with Crippen molar-refractivity contribution in [2.45, 2.75) is 12.8 Å². The van der Waals surface area contributed by atoms with E-state index in [1.54, 1.807) is 12.1 Å². The van der Waals surface area contributed by atoms with Crippen LogP contribution in [0.15, 0.2) is 34.9 Å². The fraction of sp³-hybridized carbons (Fsp3) is 0.176. The highest BCUT2D eigenvalue weighted by molar-refractivity contribution is 6.33. The number of nitrogens with one attached hydrogen (secondary N) is 1. The summed E-state index contributed by atoms with van der Waals surface area (Å²) >= 11 is 12.1. The number of anilines is 1. The average Bonchev–Trinajstić information content (AvgIpc) is 3.15. The van der Waals surface area contributed by atoms with Crippen LogP contribution in [0.2, 0.25) is 10.0 Å². The number of methoxy groups -OCH3 is 1. The Balaban J connectivity index is 2.08. The molecule has 2 aromatic heterocycles. The van der Waals surface area contributed by atoms with E-state index in [1.807, 2.05) is 0 Å². The summed E-state index contributed by atoms with van der Waals surface area (Å²) in [6, 6.07) is 6.21. The number of halogens is 3. The Labute approximate surface area is 163 Å². The van der Waals surface area contributed by atoms with Crippen LogP contribution in [0.1, 0.15) is 17.7 Å². The Morgan fingerprint density at radius 2 is 2.04 bits per heavy atom. The van der Waals surface area contributed by atoms with Gasteiger partial charge >= 0.3 is 0 Å². The molecule has 0 aliphatic carbocycles. The van der Waals surface area contributed by atoms with Crippen LogP contribution >= 0.6 is 23.2 Å². The number of rotatable bonds is 6. The Hall–Kier alpha value is -2.39. The number of ether oxygens (including phenoxy) is 1. The molecule has 0 saturated heterocycles. The summed E-state index contributed by atoms with van der Waals surface area (Å²) in [6.07, 6.45) is -0.483. The van der Waals surface area contributed by atoms with Crippen molar-refractivity contribution in [1.82, 2.24) is 9.97 Å². The number of benzene rings is 1. The summed E-state index contributed by atoms with van der Waals surface area (Å²) < 4.78 is 24.9. The van der Waals surface area contributed by atoms with Gasteiger partial charge in [-0.3, -0.25) is 0 Å². The van der Waals surface area contributed by atoms with Gasteiger partial charge in [0.15, 0.2) is 23.7 Å². The molecule has 3 aromatic rings. The quantitative estimate of drug-likeness (QED) is 0.528. The van der Waals surface area contributed by atoms with Gasteiger partial charge in [0.1, 0.15) is 22.3 Å². The lowest BCUT2D eigenvalue weighted by molar-refractivity contribution is -0.0457. The Morgan fingerprint density at radius 3 is 2.67 bits per heavy atom. The van der Waals surface area contributed by atoms with Gasteiger partial charge in [-0.1, -0.05) is 23.2 Å². The molecule has 3 rings (SSSR count). The average molecular weight is 414 g/mol. The zero-order valence-electron chi connectivity index (χ0n) is 13.9. The molecular weight excluding hydrogens is 400 g/mol. The topological polar surface area (TPSA) is 101 Å². The van der Waals surface area contributed by atoms with Crippen LogP contribution in [0.3, 0.4) is 0 Å². The first-order chi connectivity index (χ1) is 12.9. The molecule has 0 bridgehead atoms. The van der Waals surface area contributed by atoms with Crippen molar-refractivity contribution in [3.05, 3.63) is 57.8 Å². The van der Waals surface area contributed by atoms with Crippen LogP contribution in [0.5, 0.6) is 5.75 Å². The summed E-state index contributed by atoms with van der Waals surface area (Å²) in [5, 5.41) is 22.0. The van der Waals surface area contributed by atoms with Gasteiger partial charge in [0.2, 0.25) is 0 Å². The monoisotopic (exact) mass is 413 g/mol. The zero-order valence-corrected chi connectivity index (χ0v) is 15.4. The molecule has 0 atom stereocenters. The lowest BCUT2D eigenvalue weighted by atomic mass is 10.1. The van der Waals surface area contributed by atoms with E-state index in [1.165, 1.54) is 25.5 Å². The van der Waals surface area contributed by atoms with E-state index in [9.17, 15) is 14.6 Å². The molecule has 1 aromatic carbocycles. The van der Waals surface area contributed by atoms with Gasteiger partial charge in [-0.25, -0.2) is 14.4 Å². The highest BCUT2D eigenvalue weighted by atomic mass is 35.5. The second-order valence-corrected chi connectivity index (χ2v) is 6.13. The fourth-order valence-corrected chi connectivity index (χ4v) is 2.82. The number of furan rings is 1. The van der Waals surface area contributed by atoms with Gasteiger partial charge in [-0.15, -0.1) is 0 Å². The Morgan fingerprint density at radius 1 is 1.26 bits per heavy atom. The molecule has 27 heavy (non-hydrogen) atoms. The first kappa shape index (κ1) is 19.4. The molecule has 7 nitrogen and oxygen atoms in total. The second kappa shape index (κ2) is 8.10. The molecule has 0 saturated carbocycles. The van der Waals surface area contributed by atoms with Crippen LogP contribution in [-0.2, 0) is 6.54 Å². The van der Waals surface area contributed by atoms with Crippen molar-refractivity contribution in [3.8, 4) is 17.1 Å². The van der Waals surface area contributed by atoms with Crippen LogP contribution < -0.4 is 10.1 Å². The Bertz CT molecular complexity index is 952. The highest BCUT2D eigenvalue weighted by Gasteiger charge is 2.22. The van der Waals surface area contributed by atoms with Gasteiger partial charge in [0.05, 0.1) is 30.5 Å². The molecular formula is C17H14Cl2FN3O4. The maximum absolute atomic E-state index is 14.7. The third-order valence-corrected chi connectivity index (χ3v) is 4.30. The molecule has 0 amide bonds. The van der Waals surface area contributed by atoms with Crippen molar-refractivity contribution < 1.29 is 23.8 Å². The summed E-state index contributed by atoms with van der Waals surface area (Å²) in [7, 11) is 1.27. The summed E-state index contributed by atoms with van der Waals surface area (Å²) in [5.41, 5.74) is -0.326. The van der Waals surface area contributed by atoms with Crippen molar-refractivity contribution in [3.63, 3.8) is 0 Å². The minimum atomic E-state index is -1.99. The lowest BCUT2D eigenvalue weighted by Gasteiger charge is -2.14. The van der Waals surface area contributed by atoms with Crippen molar-refractivity contribution in [1.29, 1.82) is 0 Å². The summed E-state index contributed by atoms with van der Waals surface area (Å²) in [4.78, 5) is 8.16. The second-order valence-electron chi connectivity index (χ2n) is 5.34. The van der Waals surface area contributed by atoms with Gasteiger partial charge < -0.3 is 24.7 Å². The fourth-order valence-electron chi connectivity index (χ4n) is 2.35. The minimum absolute atomic E-state index is 0.0455. The number of nitrogens with zero attached hydrogens (tertiary/aromatic N) is 2. The van der Waals surface area contributed by atoms with E-state index in [4.69, 9.17) is 32.4 Å². The van der Waals surface area contributed by atoms with Crippen molar-refractivity contribution in [2.24, 2.45) is 0 Å². The van der Waals surface area contributed by atoms with E-state index < -0.39 is 12.1 Å². The molecule has 2 heterocycles. The maximum atomic E-state index is 14.7. The van der Waals surface area contributed by atoms with Crippen LogP contribution in [-0.4, -0.2) is 27.3 Å². The van der Waals surface area contributed by atoms with Gasteiger partial charge in [0, 0.05) is 0 Å². The molecule has 0 aliphatic heterocycles. The lowest BCUT2D eigenvalue weighted by Crippen LogP contribution is -2.09. The normalized spacial score (nSPS) is 11.1. The Kier molecular flexibility index (Phi) is 5.81. The minimum Gasteiger partial charge on any atom is -0.492 e. The predicted octanol–water partition coefficient (Wildman–Crippen LogP) is 3.79. The first-order valence-electron chi connectivity index (χ1n) is 7.64. The number of aliphatic hydroxyl groups is 2. The summed E-state index contributed by atoms with van der Waals surface area (Å²) in [5.74, 6) is -0.422. The summed E-state index contributed by atoms with van der Waals surface area (Å²) in [6.45, 7) is 0.219. The molecule has 142 valence electrons. The van der Waals surface area contributed by atoms with E-state index in [2.05, 4.69) is 15.3 Å². The predicted molar refractivity (Wildman–Crippen MR) is 97.2 cm³/mol. The number of hydrogen-bond donors (Lipinski definition) is 3. The zero-order chi connectivity index (χ0) is 19.6. The molecule has 0 aliphatic rings. The largest absolute Gasteiger partial charge is 0.492 e. The van der Waals surface area contributed by atoms with E-state index in [0.717, 1.165) is 0 Å². The van der Waals surface area contributed by atoms with E-state index in [0.29, 0.717) is 5.76 Å². The molecule has 10 heteroatoms. The molecule has 3 N–H and O–H groups in total. The molecule has 0 radical (unpaired) electrons. The third-order valence-electron chi connectivity index (χ3n) is 3.63. The smallest absolute Gasteiger partial charge is 0.197 e. The molecule has 0 spiro atoms. The number of aromatic nitrogens is 2. The van der Waals surface area contributed by atoms with Crippen molar-refractivity contribution >= 4 is 29.0 Å². The van der Waals surface area contributed by atoms with Gasteiger partial charge in [0.25, 0.3) is 0 Å². The number of aliphatic hydroxyl groups excluding tert-OH is 1. The van der Waals surface area contributed by atoms with Gasteiger partial charge in [-0.2, -0.15) is 0 Å². The van der Waals surface area contributed by atoms with Gasteiger partial charge in [-0.05, 0) is 24.3 Å². The first-order valence-corrected chi connectivity index (χ1v) is 8.40. The SMILES string of the molecule is COc1c(Cl)ccc(-c2nc(NCc3ccco3)c(Cl)c(C(O)O)n2)c1F. The maximum Gasteiger partial charge on any atom is 0.197 e. The molecule has 0 unspecified atom stereocenters. The number of hydrogen-bond acceptors (Lipinski definition) is 7. The highest BCUT2D eigenvalue weighted by Crippen LogP contribution is 2.36. The standard InChI is InChI=1S/C17H14Cl2FN3O4/c1-26-14-10(18)5-4-9(12(14)20)15-22-13(17(24)25)11(19)16(23-15)21-7-8-3-2-6-27-8/h2-6,17,24-25H,7H2,1H3,(H,21,22,23). The van der Waals surface area contributed by atoms with E-state index >= 15 is 0 Å². The van der Waals surface area contributed by atoms with Crippen LogP contribution in [0, 0.1) is 5.82 Å². The van der Waals surface area contributed by atoms with Crippen molar-refractivity contribution in [2.75, 3.05) is 12.4 Å². The van der Waals surface area contributed by atoms with Crippen LogP contribution in [0.4, 0.5) is 10.2 Å². The third kappa shape index (κ3) is 3.98. The van der Waals surface area contributed by atoms with E-state index in [-0.39, 0.29) is 45.2 Å². The van der Waals surface area contributed by atoms with Crippen LogP contribution in [0.25, 0.3) is 11.4 Å².